The van der Waals surface area contributed by atoms with Crippen molar-refractivity contribution in [3.05, 3.63) is 71.0 Å². The van der Waals surface area contributed by atoms with Gasteiger partial charge in [0, 0.05) is 0 Å². The summed E-state index contributed by atoms with van der Waals surface area (Å²) in [7, 11) is 0. The third-order valence-electron chi connectivity index (χ3n) is 3.07. The SMILES string of the molecule is N#CCc1ccc(C#CCNC(=O)OCc2ccccc2)c(F)c1. The molecule has 2 aromatic carbocycles. The van der Waals surface area contributed by atoms with Gasteiger partial charge in [-0.15, -0.1) is 0 Å². The van der Waals surface area contributed by atoms with Crippen LogP contribution in [0, 0.1) is 29.0 Å². The highest BCUT2D eigenvalue weighted by atomic mass is 19.1. The zero-order valence-electron chi connectivity index (χ0n) is 12.9. The van der Waals surface area contributed by atoms with Crippen LogP contribution < -0.4 is 5.32 Å². The van der Waals surface area contributed by atoms with E-state index in [-0.39, 0.29) is 25.1 Å². The molecule has 0 fully saturated rings. The molecule has 0 radical (unpaired) electrons. The van der Waals surface area contributed by atoms with E-state index in [1.165, 1.54) is 12.1 Å². The smallest absolute Gasteiger partial charge is 0.408 e. The van der Waals surface area contributed by atoms with Crippen molar-refractivity contribution in [2.24, 2.45) is 0 Å². The summed E-state index contributed by atoms with van der Waals surface area (Å²) in [6, 6.07) is 15.7. The Morgan fingerprint density at radius 1 is 1.17 bits per heavy atom. The molecule has 0 unspecified atom stereocenters. The largest absolute Gasteiger partial charge is 0.445 e. The maximum atomic E-state index is 13.7. The first-order valence-corrected chi connectivity index (χ1v) is 7.28. The molecule has 0 spiro atoms. The molecule has 0 bridgehead atoms. The summed E-state index contributed by atoms with van der Waals surface area (Å²) >= 11 is 0. The third-order valence-corrected chi connectivity index (χ3v) is 3.07. The van der Waals surface area contributed by atoms with E-state index < -0.39 is 11.9 Å². The van der Waals surface area contributed by atoms with Gasteiger partial charge in [0.05, 0.1) is 24.6 Å². The predicted octanol–water partition coefficient (Wildman–Crippen LogP) is 3.17. The van der Waals surface area contributed by atoms with Gasteiger partial charge in [-0.05, 0) is 23.3 Å². The molecule has 2 aromatic rings. The summed E-state index contributed by atoms with van der Waals surface area (Å²) in [5.41, 5.74) is 1.71. The lowest BCUT2D eigenvalue weighted by atomic mass is 10.1. The van der Waals surface area contributed by atoms with Crippen molar-refractivity contribution < 1.29 is 13.9 Å². The number of hydrogen-bond acceptors (Lipinski definition) is 3. The Morgan fingerprint density at radius 3 is 2.67 bits per heavy atom. The van der Waals surface area contributed by atoms with Crippen LogP contribution in [0.2, 0.25) is 0 Å². The van der Waals surface area contributed by atoms with Gasteiger partial charge in [-0.1, -0.05) is 48.2 Å². The molecule has 0 atom stereocenters. The highest BCUT2D eigenvalue weighted by molar-refractivity contribution is 5.67. The van der Waals surface area contributed by atoms with Crippen molar-refractivity contribution in [3.8, 4) is 17.9 Å². The Morgan fingerprint density at radius 2 is 1.96 bits per heavy atom. The summed E-state index contributed by atoms with van der Waals surface area (Å²) in [5.74, 6) is 4.80. The molecule has 1 N–H and O–H groups in total. The van der Waals surface area contributed by atoms with Crippen LogP contribution in [0.25, 0.3) is 0 Å². The molecule has 24 heavy (non-hydrogen) atoms. The van der Waals surface area contributed by atoms with Crippen LogP contribution in [0.3, 0.4) is 0 Å². The second-order valence-corrected chi connectivity index (χ2v) is 4.87. The number of nitrogens with zero attached hydrogens (tertiary/aromatic N) is 1. The van der Waals surface area contributed by atoms with E-state index >= 15 is 0 Å². The van der Waals surface area contributed by atoms with Gasteiger partial charge in [-0.25, -0.2) is 9.18 Å². The van der Waals surface area contributed by atoms with E-state index in [0.717, 1.165) is 5.56 Å². The van der Waals surface area contributed by atoms with E-state index in [4.69, 9.17) is 10.00 Å². The number of hydrogen-bond donors (Lipinski definition) is 1. The average Bonchev–Trinajstić information content (AvgIpc) is 2.59. The third kappa shape index (κ3) is 5.47. The first kappa shape index (κ1) is 17.1. The molecule has 0 aromatic heterocycles. The Bertz CT molecular complexity index is 802. The molecular formula is C19H15FN2O2. The first-order chi connectivity index (χ1) is 11.7. The van der Waals surface area contributed by atoms with E-state index in [1.54, 1.807) is 6.07 Å². The van der Waals surface area contributed by atoms with Crippen LogP contribution in [0.15, 0.2) is 48.5 Å². The van der Waals surface area contributed by atoms with Crippen molar-refractivity contribution in [1.82, 2.24) is 5.32 Å². The standard InChI is InChI=1S/C19H15FN2O2/c20-18-13-15(10-11-21)8-9-17(18)7-4-12-22-19(23)24-14-16-5-2-1-3-6-16/h1-3,5-6,8-9,13H,10,12,14H2,(H,22,23). The molecule has 0 aliphatic rings. The zero-order chi connectivity index (χ0) is 17.2. The van der Waals surface area contributed by atoms with E-state index in [9.17, 15) is 9.18 Å². The number of carbonyl (C=O) groups is 1. The molecule has 0 aliphatic carbocycles. The number of nitriles is 1. The Balaban J connectivity index is 1.79. The number of ether oxygens (including phenoxy) is 1. The van der Waals surface area contributed by atoms with E-state index in [1.807, 2.05) is 36.4 Å². The fourth-order valence-electron chi connectivity index (χ4n) is 1.89. The Hall–Kier alpha value is -3.31. The van der Waals surface area contributed by atoms with Crippen molar-refractivity contribution in [2.45, 2.75) is 13.0 Å². The normalized spacial score (nSPS) is 9.33. The van der Waals surface area contributed by atoms with E-state index in [0.29, 0.717) is 5.56 Å². The summed E-state index contributed by atoms with van der Waals surface area (Å²) in [4.78, 5) is 11.5. The minimum Gasteiger partial charge on any atom is -0.445 e. The summed E-state index contributed by atoms with van der Waals surface area (Å²) in [5, 5.41) is 11.0. The van der Waals surface area contributed by atoms with Crippen LogP contribution in [-0.2, 0) is 17.8 Å². The summed E-state index contributed by atoms with van der Waals surface area (Å²) < 4.78 is 18.8. The summed E-state index contributed by atoms with van der Waals surface area (Å²) in [6.45, 7) is 0.224. The van der Waals surface area contributed by atoms with Crippen LogP contribution in [0.1, 0.15) is 16.7 Å². The fourth-order valence-corrected chi connectivity index (χ4v) is 1.89. The van der Waals surface area contributed by atoms with Crippen LogP contribution >= 0.6 is 0 Å². The number of carbonyl (C=O) groups excluding carboxylic acids is 1. The lowest BCUT2D eigenvalue weighted by Gasteiger charge is -2.04. The van der Waals surface area contributed by atoms with Crippen LogP contribution in [0.5, 0.6) is 0 Å². The van der Waals surface area contributed by atoms with Gasteiger partial charge in [0.2, 0.25) is 0 Å². The maximum absolute atomic E-state index is 13.7. The van der Waals surface area contributed by atoms with Crippen LogP contribution in [0.4, 0.5) is 9.18 Å². The minimum atomic E-state index is -0.585. The molecule has 5 heteroatoms. The van der Waals surface area contributed by atoms with Gasteiger partial charge in [0.25, 0.3) is 0 Å². The van der Waals surface area contributed by atoms with Crippen molar-refractivity contribution in [2.75, 3.05) is 6.54 Å². The van der Waals surface area contributed by atoms with Crippen molar-refractivity contribution in [3.63, 3.8) is 0 Å². The topological polar surface area (TPSA) is 62.1 Å². The summed E-state index contributed by atoms with van der Waals surface area (Å²) in [6.07, 6.45) is -0.433. The molecule has 2 rings (SSSR count). The molecule has 4 nitrogen and oxygen atoms in total. The van der Waals surface area contributed by atoms with Crippen molar-refractivity contribution >= 4 is 6.09 Å². The highest BCUT2D eigenvalue weighted by Crippen LogP contribution is 2.09. The highest BCUT2D eigenvalue weighted by Gasteiger charge is 2.02. The molecule has 1 amide bonds. The monoisotopic (exact) mass is 322 g/mol. The van der Waals surface area contributed by atoms with Crippen LogP contribution in [-0.4, -0.2) is 12.6 Å². The number of amides is 1. The van der Waals surface area contributed by atoms with Gasteiger partial charge < -0.3 is 10.1 Å². The van der Waals surface area contributed by atoms with Gasteiger partial charge >= 0.3 is 6.09 Å². The van der Waals surface area contributed by atoms with Crippen molar-refractivity contribution in [1.29, 1.82) is 5.26 Å². The number of alkyl carbamates (subject to hydrolysis) is 1. The minimum absolute atomic E-state index is 0.0486. The average molecular weight is 322 g/mol. The number of nitrogens with one attached hydrogen (secondary N) is 1. The van der Waals surface area contributed by atoms with E-state index in [2.05, 4.69) is 17.2 Å². The molecule has 0 saturated carbocycles. The second-order valence-electron chi connectivity index (χ2n) is 4.87. The molecule has 120 valence electrons. The van der Waals surface area contributed by atoms with Gasteiger partial charge in [0.1, 0.15) is 12.4 Å². The lowest BCUT2D eigenvalue weighted by molar-refractivity contribution is 0.141. The zero-order valence-corrected chi connectivity index (χ0v) is 12.9. The Kier molecular flexibility index (Phi) is 6.37. The predicted molar refractivity (Wildman–Crippen MR) is 87.2 cm³/mol. The lowest BCUT2D eigenvalue weighted by Crippen LogP contribution is -2.24. The molecule has 0 aliphatic heterocycles. The quantitative estimate of drug-likeness (QED) is 0.880. The second kappa shape index (κ2) is 8.97. The Labute approximate surface area is 139 Å². The molecular weight excluding hydrogens is 307 g/mol. The maximum Gasteiger partial charge on any atom is 0.408 e. The number of rotatable bonds is 4. The number of benzene rings is 2. The molecule has 0 heterocycles. The van der Waals surface area contributed by atoms with Gasteiger partial charge in [-0.3, -0.25) is 0 Å². The fraction of sp³-hybridized carbons (Fsp3) is 0.158. The molecule has 0 saturated heterocycles. The first-order valence-electron chi connectivity index (χ1n) is 7.28. The van der Waals surface area contributed by atoms with Gasteiger partial charge in [0.15, 0.2) is 0 Å². The number of halogens is 1. The van der Waals surface area contributed by atoms with Gasteiger partial charge in [-0.2, -0.15) is 5.26 Å².